The minimum atomic E-state index is -0.458. The van der Waals surface area contributed by atoms with Crippen LogP contribution in [0.3, 0.4) is 0 Å². The zero-order valence-corrected chi connectivity index (χ0v) is 8.34. The number of benzene rings is 1. The second kappa shape index (κ2) is 4.44. The quantitative estimate of drug-likeness (QED) is 0.800. The maximum absolute atomic E-state index is 11.7. The number of nitrogens with one attached hydrogen (secondary N) is 1. The van der Waals surface area contributed by atoms with Gasteiger partial charge in [0.05, 0.1) is 0 Å². The number of carbonyl (C=O) groups excluding carboxylic acids is 1. The molecule has 0 bridgehead atoms. The first kappa shape index (κ1) is 10.2. The molecule has 1 radical (unpaired) electrons. The first-order valence-corrected chi connectivity index (χ1v) is 4.69. The van der Waals surface area contributed by atoms with Crippen LogP contribution in [0.5, 0.6) is 5.75 Å². The summed E-state index contributed by atoms with van der Waals surface area (Å²) in [5.41, 5.74) is 0.539. The predicted molar refractivity (Wildman–Crippen MR) is 59.1 cm³/mol. The average Bonchev–Trinajstić information content (AvgIpc) is 2.31. The molecule has 0 atom stereocenters. The fourth-order valence-electron chi connectivity index (χ4n) is 1.22. The van der Waals surface area contributed by atoms with E-state index < -0.39 is 5.91 Å². The molecule has 1 amide bonds. The molecule has 0 aliphatic heterocycles. The maximum Gasteiger partial charge on any atom is 0.278 e. The number of pyridine rings is 1. The highest BCUT2D eigenvalue weighted by molar-refractivity contribution is 6.04. The summed E-state index contributed by atoms with van der Waals surface area (Å²) in [7, 11) is 0. The van der Waals surface area contributed by atoms with Crippen molar-refractivity contribution in [1.29, 1.82) is 0 Å². The van der Waals surface area contributed by atoms with Gasteiger partial charge in [0, 0.05) is 18.0 Å². The molecular weight excluding hydrogens is 204 g/mol. The zero-order chi connectivity index (χ0) is 11.4. The first-order valence-electron chi connectivity index (χ1n) is 4.69. The smallest absolute Gasteiger partial charge is 0.278 e. The van der Waals surface area contributed by atoms with Gasteiger partial charge >= 0.3 is 0 Å². The summed E-state index contributed by atoms with van der Waals surface area (Å²) < 4.78 is 0. The number of rotatable bonds is 2. The van der Waals surface area contributed by atoms with Gasteiger partial charge in [0.1, 0.15) is 5.75 Å². The Hall–Kier alpha value is -2.36. The lowest BCUT2D eigenvalue weighted by Crippen LogP contribution is -2.13. The Bertz CT molecular complexity index is 497. The standard InChI is InChI=1S/C12H9N2O2/c15-10-7-4-8-13-11(10)12(16)14-9-5-2-1-3-6-9/h1-5,7-8,15H,(H,14,16). The lowest BCUT2D eigenvalue weighted by Gasteiger charge is -2.04. The molecule has 2 N–H and O–H groups in total. The van der Waals surface area contributed by atoms with Crippen molar-refractivity contribution < 1.29 is 9.90 Å². The molecule has 79 valence electrons. The maximum atomic E-state index is 11.7. The third-order valence-electron chi connectivity index (χ3n) is 1.96. The Kier molecular flexibility index (Phi) is 2.82. The molecule has 0 saturated carbocycles. The van der Waals surface area contributed by atoms with Crippen molar-refractivity contribution in [2.75, 3.05) is 5.32 Å². The van der Waals surface area contributed by atoms with Crippen LogP contribution in [0.2, 0.25) is 0 Å². The Morgan fingerprint density at radius 1 is 1.31 bits per heavy atom. The van der Waals surface area contributed by atoms with Crippen molar-refractivity contribution in [3.8, 4) is 5.75 Å². The topological polar surface area (TPSA) is 62.2 Å². The van der Waals surface area contributed by atoms with Gasteiger partial charge in [0.2, 0.25) is 0 Å². The third kappa shape index (κ3) is 2.17. The van der Waals surface area contributed by atoms with E-state index in [-0.39, 0.29) is 11.4 Å². The van der Waals surface area contributed by atoms with Gasteiger partial charge in [-0.15, -0.1) is 0 Å². The minimum absolute atomic E-state index is 0.000229. The Morgan fingerprint density at radius 3 is 2.88 bits per heavy atom. The van der Waals surface area contributed by atoms with Crippen LogP contribution in [0, 0.1) is 6.07 Å². The second-order valence-corrected chi connectivity index (χ2v) is 3.10. The zero-order valence-electron chi connectivity index (χ0n) is 8.34. The van der Waals surface area contributed by atoms with Crippen molar-refractivity contribution in [2.45, 2.75) is 0 Å². The molecule has 1 heterocycles. The lowest BCUT2D eigenvalue weighted by atomic mass is 10.3. The van der Waals surface area contributed by atoms with Gasteiger partial charge in [-0.2, -0.15) is 0 Å². The molecule has 1 aromatic heterocycles. The summed E-state index contributed by atoms with van der Waals surface area (Å²) >= 11 is 0. The Balaban J connectivity index is 2.19. The number of para-hydroxylation sites is 1. The number of carbonyl (C=O) groups is 1. The number of hydrogen-bond donors (Lipinski definition) is 2. The molecule has 2 rings (SSSR count). The van der Waals surface area contributed by atoms with Gasteiger partial charge in [0.15, 0.2) is 5.69 Å². The average molecular weight is 213 g/mol. The highest BCUT2D eigenvalue weighted by Gasteiger charge is 2.11. The van der Waals surface area contributed by atoms with E-state index in [1.165, 1.54) is 12.3 Å². The molecular formula is C12H9N2O2. The molecule has 0 aliphatic carbocycles. The highest BCUT2D eigenvalue weighted by atomic mass is 16.3. The Morgan fingerprint density at radius 2 is 2.19 bits per heavy atom. The van der Waals surface area contributed by atoms with E-state index in [0.29, 0.717) is 5.69 Å². The fourth-order valence-corrected chi connectivity index (χ4v) is 1.22. The third-order valence-corrected chi connectivity index (χ3v) is 1.96. The van der Waals surface area contributed by atoms with Crippen LogP contribution < -0.4 is 5.32 Å². The predicted octanol–water partition coefficient (Wildman–Crippen LogP) is 1.84. The molecule has 4 nitrogen and oxygen atoms in total. The largest absolute Gasteiger partial charge is 0.505 e. The SMILES string of the molecule is O=C(Nc1[c]cccc1)c1ncccc1O. The van der Waals surface area contributed by atoms with Gasteiger partial charge in [-0.1, -0.05) is 18.2 Å². The Labute approximate surface area is 92.6 Å². The molecule has 0 aliphatic rings. The second-order valence-electron chi connectivity index (χ2n) is 3.10. The van der Waals surface area contributed by atoms with Gasteiger partial charge in [-0.25, -0.2) is 4.98 Å². The molecule has 1 aromatic carbocycles. The van der Waals surface area contributed by atoms with Crippen molar-refractivity contribution in [1.82, 2.24) is 4.98 Å². The summed E-state index contributed by atoms with van der Waals surface area (Å²) in [6.45, 7) is 0. The van der Waals surface area contributed by atoms with Crippen LogP contribution in [-0.2, 0) is 0 Å². The van der Waals surface area contributed by atoms with E-state index in [1.807, 2.05) is 0 Å². The normalized spacial score (nSPS) is 9.75. The summed E-state index contributed by atoms with van der Waals surface area (Å²) in [6.07, 6.45) is 1.45. The monoisotopic (exact) mass is 213 g/mol. The van der Waals surface area contributed by atoms with Crippen LogP contribution in [0.25, 0.3) is 0 Å². The molecule has 0 spiro atoms. The van der Waals surface area contributed by atoms with Crippen molar-refractivity contribution in [2.24, 2.45) is 0 Å². The van der Waals surface area contributed by atoms with Gasteiger partial charge in [0.25, 0.3) is 5.91 Å². The van der Waals surface area contributed by atoms with E-state index in [0.717, 1.165) is 0 Å². The van der Waals surface area contributed by atoms with Crippen molar-refractivity contribution in [3.63, 3.8) is 0 Å². The number of aromatic nitrogens is 1. The molecule has 0 saturated heterocycles. The number of aromatic hydroxyl groups is 1. The summed E-state index contributed by atoms with van der Waals surface area (Å²) in [4.78, 5) is 15.5. The van der Waals surface area contributed by atoms with Crippen LogP contribution >= 0.6 is 0 Å². The van der Waals surface area contributed by atoms with Crippen LogP contribution in [-0.4, -0.2) is 16.0 Å². The lowest BCUT2D eigenvalue weighted by molar-refractivity contribution is 0.101. The molecule has 0 unspecified atom stereocenters. The van der Waals surface area contributed by atoms with Gasteiger partial charge in [-0.3, -0.25) is 4.79 Å². The van der Waals surface area contributed by atoms with Crippen molar-refractivity contribution >= 4 is 11.6 Å². The summed E-state index contributed by atoms with van der Waals surface area (Å²) in [6, 6.07) is 12.8. The van der Waals surface area contributed by atoms with Crippen molar-refractivity contribution in [3.05, 3.63) is 54.4 Å². The molecule has 2 aromatic rings. The summed E-state index contributed by atoms with van der Waals surface area (Å²) in [5.74, 6) is -0.600. The highest BCUT2D eigenvalue weighted by Crippen LogP contribution is 2.14. The molecule has 4 heteroatoms. The summed E-state index contributed by atoms with van der Waals surface area (Å²) in [5, 5.41) is 12.0. The van der Waals surface area contributed by atoms with E-state index in [1.54, 1.807) is 30.3 Å². The van der Waals surface area contributed by atoms with E-state index in [4.69, 9.17) is 0 Å². The number of anilines is 1. The number of amides is 1. The van der Waals surface area contributed by atoms with Gasteiger partial charge < -0.3 is 10.4 Å². The fraction of sp³-hybridized carbons (Fsp3) is 0. The van der Waals surface area contributed by atoms with Gasteiger partial charge in [-0.05, 0) is 18.2 Å². The van der Waals surface area contributed by atoms with E-state index in [2.05, 4.69) is 16.4 Å². The minimum Gasteiger partial charge on any atom is -0.505 e. The number of nitrogens with zero attached hydrogens (tertiary/aromatic N) is 1. The molecule has 0 fully saturated rings. The van der Waals surface area contributed by atoms with Crippen LogP contribution in [0.1, 0.15) is 10.5 Å². The van der Waals surface area contributed by atoms with E-state index in [9.17, 15) is 9.90 Å². The first-order chi connectivity index (χ1) is 7.77. The van der Waals surface area contributed by atoms with Crippen LogP contribution in [0.15, 0.2) is 42.6 Å². The van der Waals surface area contributed by atoms with Crippen LogP contribution in [0.4, 0.5) is 5.69 Å². The number of hydrogen-bond acceptors (Lipinski definition) is 3. The van der Waals surface area contributed by atoms with E-state index >= 15 is 0 Å². The molecule has 16 heavy (non-hydrogen) atoms.